The van der Waals surface area contributed by atoms with Crippen molar-refractivity contribution in [3.63, 3.8) is 0 Å². The van der Waals surface area contributed by atoms with Crippen molar-refractivity contribution in [1.82, 2.24) is 30.2 Å². The number of aryl methyl sites for hydroxylation is 1. The van der Waals surface area contributed by atoms with Gasteiger partial charge in [0.15, 0.2) is 17.3 Å². The summed E-state index contributed by atoms with van der Waals surface area (Å²) in [6.07, 6.45) is 1.90. The maximum atomic E-state index is 10.1. The van der Waals surface area contributed by atoms with Crippen molar-refractivity contribution in [3.05, 3.63) is 11.5 Å². The van der Waals surface area contributed by atoms with E-state index in [1.807, 2.05) is 6.92 Å². The summed E-state index contributed by atoms with van der Waals surface area (Å²) in [5.74, 6) is 1.96. The molecular weight excluding hydrogens is 268 g/mol. The lowest BCUT2D eigenvalue weighted by molar-refractivity contribution is 0.0580. The lowest BCUT2D eigenvalue weighted by Crippen LogP contribution is -2.27. The van der Waals surface area contributed by atoms with E-state index in [9.17, 15) is 5.11 Å². The molecule has 2 aromatic rings. The van der Waals surface area contributed by atoms with E-state index >= 15 is 0 Å². The first-order valence-corrected chi connectivity index (χ1v) is 7.34. The zero-order valence-corrected chi connectivity index (χ0v) is 13.4. The van der Waals surface area contributed by atoms with Crippen molar-refractivity contribution in [1.29, 1.82) is 0 Å². The van der Waals surface area contributed by atoms with Gasteiger partial charge in [-0.1, -0.05) is 20.3 Å². The lowest BCUT2D eigenvalue weighted by atomic mass is 10.1. The summed E-state index contributed by atoms with van der Waals surface area (Å²) in [4.78, 5) is 4.60. The fraction of sp³-hybridized carbons (Fsp3) is 0.714. The number of nitrogens with zero attached hydrogens (tertiary/aromatic N) is 5. The van der Waals surface area contributed by atoms with Gasteiger partial charge in [-0.2, -0.15) is 20.5 Å². The highest BCUT2D eigenvalue weighted by atomic mass is 16.3. The summed E-state index contributed by atoms with van der Waals surface area (Å²) in [6.45, 7) is 10.1. The zero-order chi connectivity index (χ0) is 15.6. The van der Waals surface area contributed by atoms with Crippen molar-refractivity contribution >= 4 is 0 Å². The molecule has 2 aromatic heterocycles. The Hall–Kier alpha value is -1.76. The fourth-order valence-corrected chi connectivity index (χ4v) is 2.08. The molecule has 116 valence electrons. The molecule has 7 nitrogen and oxygen atoms in total. The Morgan fingerprint density at radius 2 is 2.05 bits per heavy atom. The van der Waals surface area contributed by atoms with E-state index < -0.39 is 5.60 Å². The molecule has 2 rings (SSSR count). The topological polar surface area (TPSA) is 92.5 Å². The molecule has 0 aromatic carbocycles. The van der Waals surface area contributed by atoms with Crippen molar-refractivity contribution in [2.45, 2.75) is 59.6 Å². The number of aromatic nitrogens is 6. The van der Waals surface area contributed by atoms with Gasteiger partial charge in [-0.05, 0) is 26.7 Å². The van der Waals surface area contributed by atoms with E-state index in [4.69, 9.17) is 0 Å². The minimum absolute atomic E-state index is 0.363. The molecule has 0 fully saturated rings. The van der Waals surface area contributed by atoms with Gasteiger partial charge >= 0.3 is 0 Å². The van der Waals surface area contributed by atoms with Gasteiger partial charge in [-0.3, -0.25) is 0 Å². The van der Waals surface area contributed by atoms with E-state index in [0.717, 1.165) is 24.4 Å². The Kier molecular flexibility index (Phi) is 4.41. The van der Waals surface area contributed by atoms with Crippen LogP contribution >= 0.6 is 0 Å². The largest absolute Gasteiger partial charge is 0.389 e. The quantitative estimate of drug-likeness (QED) is 0.846. The Labute approximate surface area is 124 Å². The van der Waals surface area contributed by atoms with E-state index in [1.165, 1.54) is 0 Å². The molecule has 0 aliphatic heterocycles. The number of H-pyrrole nitrogens is 1. The van der Waals surface area contributed by atoms with Crippen molar-refractivity contribution in [2.75, 3.05) is 0 Å². The van der Waals surface area contributed by atoms with Crippen LogP contribution in [-0.2, 0) is 13.0 Å². The molecule has 0 aliphatic rings. The van der Waals surface area contributed by atoms with Crippen molar-refractivity contribution < 1.29 is 5.11 Å². The van der Waals surface area contributed by atoms with Gasteiger partial charge in [0, 0.05) is 6.42 Å². The first-order chi connectivity index (χ1) is 9.80. The molecule has 1 unspecified atom stereocenters. The molecular formula is C14H24N6O. The van der Waals surface area contributed by atoms with Gasteiger partial charge in [-0.15, -0.1) is 0 Å². The average Bonchev–Trinajstić information content (AvgIpc) is 2.93. The summed E-state index contributed by atoms with van der Waals surface area (Å²) in [6, 6.07) is 0. The number of rotatable bonds is 6. The number of aliphatic hydroxyl groups is 1. The number of hydrogen-bond acceptors (Lipinski definition) is 5. The first kappa shape index (κ1) is 15.6. The molecule has 0 saturated heterocycles. The number of nitrogens with one attached hydrogen (secondary N) is 1. The second-order valence-corrected chi connectivity index (χ2v) is 6.30. The van der Waals surface area contributed by atoms with Gasteiger partial charge in [-0.25, -0.2) is 9.67 Å². The Morgan fingerprint density at radius 1 is 1.33 bits per heavy atom. The van der Waals surface area contributed by atoms with E-state index in [-0.39, 0.29) is 0 Å². The second-order valence-electron chi connectivity index (χ2n) is 6.30. The Balaban J connectivity index is 2.39. The molecule has 21 heavy (non-hydrogen) atoms. The summed E-state index contributed by atoms with van der Waals surface area (Å²) in [5.41, 5.74) is 0.588. The van der Waals surface area contributed by atoms with E-state index in [0.29, 0.717) is 24.0 Å². The molecule has 0 saturated carbocycles. The van der Waals surface area contributed by atoms with Gasteiger partial charge < -0.3 is 5.11 Å². The fourth-order valence-electron chi connectivity index (χ4n) is 2.08. The normalized spacial score (nSPS) is 13.6. The van der Waals surface area contributed by atoms with E-state index in [2.05, 4.69) is 39.3 Å². The predicted octanol–water partition coefficient (Wildman–Crippen LogP) is 1.73. The summed E-state index contributed by atoms with van der Waals surface area (Å²) < 4.78 is 1.72. The zero-order valence-electron chi connectivity index (χ0n) is 13.4. The van der Waals surface area contributed by atoms with Crippen LogP contribution in [0.2, 0.25) is 0 Å². The summed E-state index contributed by atoms with van der Waals surface area (Å²) >= 11 is 0. The van der Waals surface area contributed by atoms with Crippen LogP contribution in [-0.4, -0.2) is 40.9 Å². The highest BCUT2D eigenvalue weighted by molar-refractivity contribution is 5.51. The smallest absolute Gasteiger partial charge is 0.181 e. The third-order valence-electron chi connectivity index (χ3n) is 3.41. The van der Waals surface area contributed by atoms with Gasteiger partial charge in [0.25, 0.3) is 0 Å². The molecule has 7 heteroatoms. The lowest BCUT2D eigenvalue weighted by Gasteiger charge is -2.17. The highest BCUT2D eigenvalue weighted by Crippen LogP contribution is 2.20. The van der Waals surface area contributed by atoms with Crippen LogP contribution in [0, 0.1) is 12.8 Å². The Bertz CT molecular complexity index is 595. The third kappa shape index (κ3) is 3.87. The number of aromatic amines is 1. The van der Waals surface area contributed by atoms with Crippen LogP contribution in [0.15, 0.2) is 0 Å². The van der Waals surface area contributed by atoms with Gasteiger partial charge in [0.2, 0.25) is 0 Å². The number of hydrogen-bond donors (Lipinski definition) is 2. The molecule has 0 amide bonds. The van der Waals surface area contributed by atoms with Crippen LogP contribution in [0.5, 0.6) is 0 Å². The van der Waals surface area contributed by atoms with E-state index in [1.54, 1.807) is 18.5 Å². The van der Waals surface area contributed by atoms with Crippen LogP contribution in [0.3, 0.4) is 0 Å². The molecule has 0 aliphatic carbocycles. The molecule has 0 radical (unpaired) electrons. The second kappa shape index (κ2) is 5.93. The molecule has 1 atom stereocenters. The van der Waals surface area contributed by atoms with Crippen molar-refractivity contribution in [3.8, 4) is 11.5 Å². The highest BCUT2D eigenvalue weighted by Gasteiger charge is 2.22. The minimum Gasteiger partial charge on any atom is -0.389 e. The molecule has 0 bridgehead atoms. The van der Waals surface area contributed by atoms with Crippen LogP contribution in [0.4, 0.5) is 0 Å². The van der Waals surface area contributed by atoms with Crippen LogP contribution in [0.25, 0.3) is 11.5 Å². The van der Waals surface area contributed by atoms with Crippen LogP contribution < -0.4 is 0 Å². The van der Waals surface area contributed by atoms with Gasteiger partial charge in [0.05, 0.1) is 17.8 Å². The monoisotopic (exact) mass is 292 g/mol. The van der Waals surface area contributed by atoms with Crippen molar-refractivity contribution in [2.24, 2.45) is 5.92 Å². The minimum atomic E-state index is -0.867. The molecule has 2 heterocycles. The maximum absolute atomic E-state index is 10.1. The molecule has 2 N–H and O–H groups in total. The summed E-state index contributed by atoms with van der Waals surface area (Å²) in [7, 11) is 0. The SMILES string of the molecule is CCC(C)Cc1nc(-c2n[nH]nc2C)n(CC(C)(C)O)n1. The maximum Gasteiger partial charge on any atom is 0.181 e. The Morgan fingerprint density at radius 3 is 2.57 bits per heavy atom. The molecule has 0 spiro atoms. The summed E-state index contributed by atoms with van der Waals surface area (Å²) in [5, 5.41) is 25.4. The standard InChI is InChI=1S/C14H24N6O/c1-6-9(2)7-11-15-13(12-10(3)16-19-17-12)20(18-11)8-14(4,5)21/h9,21H,6-8H2,1-5H3,(H,16,17,19). The first-order valence-electron chi connectivity index (χ1n) is 7.34. The van der Waals surface area contributed by atoms with Crippen LogP contribution in [0.1, 0.15) is 45.6 Å². The predicted molar refractivity (Wildman–Crippen MR) is 79.6 cm³/mol. The third-order valence-corrected chi connectivity index (χ3v) is 3.41. The van der Waals surface area contributed by atoms with Gasteiger partial charge in [0.1, 0.15) is 0 Å². The average molecular weight is 292 g/mol.